The Labute approximate surface area is 107 Å². The number of nitrogens with zero attached hydrogens (tertiary/aromatic N) is 2. The molecule has 0 aromatic rings. The van der Waals surface area contributed by atoms with E-state index in [0.717, 1.165) is 0 Å². The van der Waals surface area contributed by atoms with Crippen LogP contribution in [-0.4, -0.2) is 50.2 Å². The molecule has 0 bridgehead atoms. The van der Waals surface area contributed by atoms with E-state index in [0.29, 0.717) is 13.0 Å². The highest BCUT2D eigenvalue weighted by Crippen LogP contribution is 2.07. The fourth-order valence-corrected chi connectivity index (χ4v) is 1.37. The van der Waals surface area contributed by atoms with Gasteiger partial charge in [0.2, 0.25) is 5.91 Å². The molecule has 1 amide bonds. The van der Waals surface area contributed by atoms with Crippen LogP contribution in [0.5, 0.6) is 0 Å². The molecule has 0 aromatic heterocycles. The van der Waals surface area contributed by atoms with Crippen LogP contribution in [0.1, 0.15) is 20.3 Å². The number of hydrogen-bond donors (Lipinski definition) is 0. The van der Waals surface area contributed by atoms with Crippen LogP contribution in [-0.2, 0) is 19.1 Å². The number of nitriles is 1. The van der Waals surface area contributed by atoms with Gasteiger partial charge in [0.05, 0.1) is 19.3 Å². The zero-order valence-electron chi connectivity index (χ0n) is 11.1. The second-order valence-corrected chi connectivity index (χ2v) is 3.65. The SMILES string of the molecule is CCOC(=O)CN(CCOC)C(=O)C(C#N)CC. The Morgan fingerprint density at radius 2 is 2.06 bits per heavy atom. The van der Waals surface area contributed by atoms with Gasteiger partial charge in [0, 0.05) is 13.7 Å². The molecule has 0 radical (unpaired) electrons. The molecule has 0 saturated carbocycles. The molecule has 18 heavy (non-hydrogen) atoms. The highest BCUT2D eigenvalue weighted by molar-refractivity contribution is 5.85. The normalized spacial score (nSPS) is 11.4. The van der Waals surface area contributed by atoms with Crippen molar-refractivity contribution in [2.45, 2.75) is 20.3 Å². The lowest BCUT2D eigenvalue weighted by Gasteiger charge is -2.23. The van der Waals surface area contributed by atoms with Crippen LogP contribution in [0.15, 0.2) is 0 Å². The van der Waals surface area contributed by atoms with Crippen LogP contribution in [0.25, 0.3) is 0 Å². The van der Waals surface area contributed by atoms with E-state index in [9.17, 15) is 9.59 Å². The zero-order valence-corrected chi connectivity index (χ0v) is 11.1. The molecular formula is C12H20N2O4. The Hall–Kier alpha value is -1.61. The highest BCUT2D eigenvalue weighted by atomic mass is 16.5. The molecule has 0 spiro atoms. The fraction of sp³-hybridized carbons (Fsp3) is 0.750. The van der Waals surface area contributed by atoms with E-state index in [4.69, 9.17) is 14.7 Å². The van der Waals surface area contributed by atoms with Crippen molar-refractivity contribution in [2.75, 3.05) is 33.4 Å². The van der Waals surface area contributed by atoms with E-state index in [-0.39, 0.29) is 25.6 Å². The van der Waals surface area contributed by atoms with Gasteiger partial charge in [-0.2, -0.15) is 5.26 Å². The number of hydrogen-bond acceptors (Lipinski definition) is 5. The first-order valence-electron chi connectivity index (χ1n) is 5.93. The molecule has 0 aliphatic heterocycles. The van der Waals surface area contributed by atoms with Crippen LogP contribution >= 0.6 is 0 Å². The summed E-state index contributed by atoms with van der Waals surface area (Å²) < 4.78 is 9.68. The molecule has 102 valence electrons. The van der Waals surface area contributed by atoms with E-state index < -0.39 is 11.9 Å². The van der Waals surface area contributed by atoms with Gasteiger partial charge in [-0.15, -0.1) is 0 Å². The first kappa shape index (κ1) is 16.4. The van der Waals surface area contributed by atoms with Crippen molar-refractivity contribution in [3.8, 4) is 6.07 Å². The molecule has 0 aliphatic rings. The van der Waals surface area contributed by atoms with Gasteiger partial charge in [-0.25, -0.2) is 0 Å². The van der Waals surface area contributed by atoms with E-state index in [1.54, 1.807) is 13.8 Å². The maximum atomic E-state index is 12.0. The second kappa shape index (κ2) is 9.42. The fourth-order valence-electron chi connectivity index (χ4n) is 1.37. The van der Waals surface area contributed by atoms with Gasteiger partial charge in [0.15, 0.2) is 0 Å². The van der Waals surface area contributed by atoms with Gasteiger partial charge in [-0.1, -0.05) is 6.92 Å². The molecule has 0 aromatic carbocycles. The van der Waals surface area contributed by atoms with Crippen molar-refractivity contribution in [1.82, 2.24) is 4.90 Å². The molecule has 6 heteroatoms. The Bertz CT molecular complexity index is 312. The summed E-state index contributed by atoms with van der Waals surface area (Å²) in [6, 6.07) is 1.93. The first-order chi connectivity index (χ1) is 8.60. The molecule has 0 aliphatic carbocycles. The van der Waals surface area contributed by atoms with Crippen molar-refractivity contribution in [2.24, 2.45) is 5.92 Å². The molecule has 1 atom stereocenters. The minimum absolute atomic E-state index is 0.145. The molecule has 0 fully saturated rings. The van der Waals surface area contributed by atoms with E-state index in [1.165, 1.54) is 12.0 Å². The molecular weight excluding hydrogens is 236 g/mol. The third-order valence-electron chi connectivity index (χ3n) is 2.36. The maximum absolute atomic E-state index is 12.0. The highest BCUT2D eigenvalue weighted by Gasteiger charge is 2.24. The summed E-state index contributed by atoms with van der Waals surface area (Å²) in [5, 5.41) is 8.86. The van der Waals surface area contributed by atoms with Crippen molar-refractivity contribution >= 4 is 11.9 Å². The quantitative estimate of drug-likeness (QED) is 0.593. The minimum Gasteiger partial charge on any atom is -0.465 e. The lowest BCUT2D eigenvalue weighted by molar-refractivity contribution is -0.150. The van der Waals surface area contributed by atoms with Gasteiger partial charge in [0.1, 0.15) is 12.5 Å². The van der Waals surface area contributed by atoms with E-state index in [2.05, 4.69) is 0 Å². The topological polar surface area (TPSA) is 79.6 Å². The molecule has 0 heterocycles. The summed E-state index contributed by atoms with van der Waals surface area (Å²) in [4.78, 5) is 24.7. The van der Waals surface area contributed by atoms with Crippen molar-refractivity contribution < 1.29 is 19.1 Å². The molecule has 0 rings (SSSR count). The van der Waals surface area contributed by atoms with Crippen LogP contribution in [0, 0.1) is 17.2 Å². The summed E-state index contributed by atoms with van der Waals surface area (Å²) in [5.41, 5.74) is 0. The van der Waals surface area contributed by atoms with Crippen molar-refractivity contribution in [3.05, 3.63) is 0 Å². The van der Waals surface area contributed by atoms with Gasteiger partial charge in [-0.3, -0.25) is 9.59 Å². The van der Waals surface area contributed by atoms with E-state index >= 15 is 0 Å². The van der Waals surface area contributed by atoms with Gasteiger partial charge in [0.25, 0.3) is 0 Å². The summed E-state index contributed by atoms with van der Waals surface area (Å²) >= 11 is 0. The summed E-state index contributed by atoms with van der Waals surface area (Å²) in [6.45, 7) is 4.15. The average Bonchev–Trinajstić information content (AvgIpc) is 2.36. The Morgan fingerprint density at radius 3 is 2.50 bits per heavy atom. The Kier molecular flexibility index (Phi) is 8.58. The number of carbonyl (C=O) groups excluding carboxylic acids is 2. The predicted octanol–water partition coefficient (Wildman–Crippen LogP) is 0.574. The van der Waals surface area contributed by atoms with E-state index in [1.807, 2.05) is 6.07 Å². The monoisotopic (exact) mass is 256 g/mol. The number of esters is 1. The number of amides is 1. The zero-order chi connectivity index (χ0) is 14.0. The largest absolute Gasteiger partial charge is 0.465 e. The van der Waals surface area contributed by atoms with Crippen LogP contribution in [0.4, 0.5) is 0 Å². The van der Waals surface area contributed by atoms with Crippen molar-refractivity contribution in [3.63, 3.8) is 0 Å². The number of carbonyl (C=O) groups is 2. The van der Waals surface area contributed by atoms with Crippen LogP contribution in [0.3, 0.4) is 0 Å². The van der Waals surface area contributed by atoms with Crippen molar-refractivity contribution in [1.29, 1.82) is 5.26 Å². The number of methoxy groups -OCH3 is 1. The van der Waals surface area contributed by atoms with Gasteiger partial charge < -0.3 is 14.4 Å². The van der Waals surface area contributed by atoms with Crippen LogP contribution in [0.2, 0.25) is 0 Å². The molecule has 1 unspecified atom stereocenters. The summed E-state index contributed by atoms with van der Waals surface area (Å²) in [6.07, 6.45) is 0.418. The Morgan fingerprint density at radius 1 is 1.39 bits per heavy atom. The smallest absolute Gasteiger partial charge is 0.325 e. The minimum atomic E-state index is -0.726. The second-order valence-electron chi connectivity index (χ2n) is 3.65. The Balaban J connectivity index is 4.61. The number of ether oxygens (including phenoxy) is 2. The third kappa shape index (κ3) is 5.64. The third-order valence-corrected chi connectivity index (χ3v) is 2.36. The molecule has 6 nitrogen and oxygen atoms in total. The maximum Gasteiger partial charge on any atom is 0.325 e. The van der Waals surface area contributed by atoms with Crippen LogP contribution < -0.4 is 0 Å². The lowest BCUT2D eigenvalue weighted by Crippen LogP contribution is -2.41. The number of rotatable bonds is 8. The predicted molar refractivity (Wildman–Crippen MR) is 64.5 cm³/mol. The molecule has 0 N–H and O–H groups in total. The summed E-state index contributed by atoms with van der Waals surface area (Å²) in [7, 11) is 1.51. The standard InChI is InChI=1S/C12H20N2O4/c1-4-10(8-13)12(16)14(6-7-17-3)9-11(15)18-5-2/h10H,4-7,9H2,1-3H3. The lowest BCUT2D eigenvalue weighted by atomic mass is 10.1. The van der Waals surface area contributed by atoms with Gasteiger partial charge >= 0.3 is 5.97 Å². The molecule has 0 saturated heterocycles. The summed E-state index contributed by atoms with van der Waals surface area (Å²) in [5.74, 6) is -1.56. The average molecular weight is 256 g/mol. The first-order valence-corrected chi connectivity index (χ1v) is 5.93. The van der Waals surface area contributed by atoms with Gasteiger partial charge in [-0.05, 0) is 13.3 Å².